The van der Waals surface area contributed by atoms with Gasteiger partial charge in [-0.25, -0.2) is 4.79 Å². The molecule has 2 aromatic rings. The lowest BCUT2D eigenvalue weighted by Gasteiger charge is -2.14. The van der Waals surface area contributed by atoms with Crippen LogP contribution in [0.3, 0.4) is 0 Å². The van der Waals surface area contributed by atoms with E-state index in [0.717, 1.165) is 5.56 Å². The summed E-state index contributed by atoms with van der Waals surface area (Å²) in [6, 6.07) is 13.8. The first-order valence-electron chi connectivity index (χ1n) is 6.80. The normalized spacial score (nSPS) is 11.6. The molecule has 0 unspecified atom stereocenters. The number of benzene rings is 2. The van der Waals surface area contributed by atoms with Gasteiger partial charge in [0, 0.05) is 10.7 Å². The van der Waals surface area contributed by atoms with E-state index in [9.17, 15) is 9.59 Å². The average molecular weight is 318 g/mol. The van der Waals surface area contributed by atoms with E-state index in [1.165, 1.54) is 13.0 Å². The van der Waals surface area contributed by atoms with Crippen molar-refractivity contribution in [3.63, 3.8) is 0 Å². The molecular weight excluding hydrogens is 302 g/mol. The Kier molecular flexibility index (Phi) is 5.17. The highest BCUT2D eigenvalue weighted by Gasteiger charge is 2.19. The first kappa shape index (κ1) is 16.0. The third-order valence-electron chi connectivity index (χ3n) is 3.00. The smallest absolute Gasteiger partial charge is 0.338 e. The third-order valence-corrected chi connectivity index (χ3v) is 3.23. The SMILES string of the molecule is Cc1cccc(NC(=O)[C@@H](C)OC(=O)c2cccc(Cl)c2)c1. The molecule has 0 aliphatic rings. The molecule has 4 nitrogen and oxygen atoms in total. The van der Waals surface area contributed by atoms with Crippen molar-refractivity contribution < 1.29 is 14.3 Å². The van der Waals surface area contributed by atoms with Gasteiger partial charge in [-0.2, -0.15) is 0 Å². The maximum absolute atomic E-state index is 12.0. The topological polar surface area (TPSA) is 55.4 Å². The molecule has 0 fully saturated rings. The van der Waals surface area contributed by atoms with Crippen molar-refractivity contribution in [1.29, 1.82) is 0 Å². The molecule has 0 spiro atoms. The fourth-order valence-electron chi connectivity index (χ4n) is 1.86. The van der Waals surface area contributed by atoms with Crippen LogP contribution in [0.2, 0.25) is 5.02 Å². The molecule has 1 N–H and O–H groups in total. The minimum Gasteiger partial charge on any atom is -0.449 e. The average Bonchev–Trinajstić information content (AvgIpc) is 2.47. The van der Waals surface area contributed by atoms with Crippen molar-refractivity contribution in [3.05, 3.63) is 64.7 Å². The number of esters is 1. The number of anilines is 1. The number of ether oxygens (including phenoxy) is 1. The van der Waals surface area contributed by atoms with E-state index in [0.29, 0.717) is 16.3 Å². The number of amides is 1. The predicted molar refractivity (Wildman–Crippen MR) is 86.1 cm³/mol. The molecule has 0 saturated carbocycles. The van der Waals surface area contributed by atoms with E-state index in [-0.39, 0.29) is 5.91 Å². The molecule has 22 heavy (non-hydrogen) atoms. The molecule has 2 rings (SSSR count). The van der Waals surface area contributed by atoms with Crippen LogP contribution in [-0.2, 0) is 9.53 Å². The van der Waals surface area contributed by atoms with E-state index >= 15 is 0 Å². The fourth-order valence-corrected chi connectivity index (χ4v) is 2.05. The number of aryl methyl sites for hydroxylation is 1. The monoisotopic (exact) mass is 317 g/mol. The van der Waals surface area contributed by atoms with Crippen LogP contribution in [0.15, 0.2) is 48.5 Å². The second-order valence-corrected chi connectivity index (χ2v) is 5.35. The Balaban J connectivity index is 1.98. The van der Waals surface area contributed by atoms with Crippen molar-refractivity contribution in [2.24, 2.45) is 0 Å². The Bertz CT molecular complexity index is 700. The number of hydrogen-bond donors (Lipinski definition) is 1. The van der Waals surface area contributed by atoms with Crippen LogP contribution in [0.25, 0.3) is 0 Å². The Morgan fingerprint density at radius 1 is 1.14 bits per heavy atom. The van der Waals surface area contributed by atoms with E-state index in [1.807, 2.05) is 25.1 Å². The molecule has 0 radical (unpaired) electrons. The molecule has 0 heterocycles. The van der Waals surface area contributed by atoms with E-state index in [4.69, 9.17) is 16.3 Å². The maximum Gasteiger partial charge on any atom is 0.338 e. The first-order valence-corrected chi connectivity index (χ1v) is 7.17. The summed E-state index contributed by atoms with van der Waals surface area (Å²) in [4.78, 5) is 24.0. The van der Waals surface area contributed by atoms with Crippen LogP contribution in [-0.4, -0.2) is 18.0 Å². The number of halogens is 1. The van der Waals surface area contributed by atoms with Gasteiger partial charge in [0.05, 0.1) is 5.56 Å². The first-order chi connectivity index (χ1) is 10.5. The van der Waals surface area contributed by atoms with E-state index in [1.54, 1.807) is 24.3 Å². The van der Waals surface area contributed by atoms with Gasteiger partial charge in [0.1, 0.15) is 0 Å². The summed E-state index contributed by atoms with van der Waals surface area (Å²) >= 11 is 5.82. The molecular formula is C17H16ClNO3. The van der Waals surface area contributed by atoms with Crippen molar-refractivity contribution >= 4 is 29.2 Å². The van der Waals surface area contributed by atoms with Gasteiger partial charge in [0.25, 0.3) is 5.91 Å². The largest absolute Gasteiger partial charge is 0.449 e. The Labute approximate surface area is 134 Å². The zero-order valence-electron chi connectivity index (χ0n) is 12.3. The number of carbonyl (C=O) groups excluding carboxylic acids is 2. The van der Waals surface area contributed by atoms with Crippen LogP contribution in [0.5, 0.6) is 0 Å². The zero-order valence-corrected chi connectivity index (χ0v) is 13.1. The molecule has 0 saturated heterocycles. The lowest BCUT2D eigenvalue weighted by atomic mass is 10.2. The summed E-state index contributed by atoms with van der Waals surface area (Å²) in [6.45, 7) is 3.45. The third kappa shape index (κ3) is 4.33. The quantitative estimate of drug-likeness (QED) is 0.872. The highest BCUT2D eigenvalue weighted by molar-refractivity contribution is 6.30. The van der Waals surface area contributed by atoms with Gasteiger partial charge in [0.15, 0.2) is 6.10 Å². The molecule has 0 aromatic heterocycles. The summed E-state index contributed by atoms with van der Waals surface area (Å²) in [7, 11) is 0. The van der Waals surface area contributed by atoms with Gasteiger partial charge in [0.2, 0.25) is 0 Å². The van der Waals surface area contributed by atoms with Crippen LogP contribution in [0.4, 0.5) is 5.69 Å². The summed E-state index contributed by atoms with van der Waals surface area (Å²) in [5.41, 5.74) is 2.00. The molecule has 0 aliphatic heterocycles. The van der Waals surface area contributed by atoms with Crippen LogP contribution < -0.4 is 5.32 Å². The molecule has 5 heteroatoms. The number of hydrogen-bond acceptors (Lipinski definition) is 3. The summed E-state index contributed by atoms with van der Waals surface area (Å²) < 4.78 is 5.15. The van der Waals surface area contributed by atoms with Gasteiger partial charge in [-0.15, -0.1) is 0 Å². The van der Waals surface area contributed by atoms with Crippen molar-refractivity contribution in [2.75, 3.05) is 5.32 Å². The Morgan fingerprint density at radius 2 is 1.86 bits per heavy atom. The van der Waals surface area contributed by atoms with Gasteiger partial charge < -0.3 is 10.1 Å². The Hall–Kier alpha value is -2.33. The highest BCUT2D eigenvalue weighted by atomic mass is 35.5. The highest BCUT2D eigenvalue weighted by Crippen LogP contribution is 2.14. The summed E-state index contributed by atoms with van der Waals surface area (Å²) in [6.07, 6.45) is -0.910. The molecule has 0 bridgehead atoms. The molecule has 1 atom stereocenters. The van der Waals surface area contributed by atoms with Gasteiger partial charge in [-0.3, -0.25) is 4.79 Å². The zero-order chi connectivity index (χ0) is 16.1. The molecule has 0 aliphatic carbocycles. The van der Waals surface area contributed by atoms with Crippen LogP contribution in [0.1, 0.15) is 22.8 Å². The minimum atomic E-state index is -0.910. The second-order valence-electron chi connectivity index (χ2n) is 4.92. The van der Waals surface area contributed by atoms with Gasteiger partial charge >= 0.3 is 5.97 Å². The van der Waals surface area contributed by atoms with Crippen LogP contribution in [0, 0.1) is 6.92 Å². The van der Waals surface area contributed by atoms with Crippen molar-refractivity contribution in [3.8, 4) is 0 Å². The molecule has 1 amide bonds. The lowest BCUT2D eigenvalue weighted by molar-refractivity contribution is -0.123. The number of carbonyl (C=O) groups is 2. The lowest BCUT2D eigenvalue weighted by Crippen LogP contribution is -2.30. The minimum absolute atomic E-state index is 0.308. The van der Waals surface area contributed by atoms with E-state index < -0.39 is 12.1 Å². The summed E-state index contributed by atoms with van der Waals surface area (Å²) in [5.74, 6) is -0.977. The fraction of sp³-hybridized carbons (Fsp3) is 0.176. The van der Waals surface area contributed by atoms with Crippen LogP contribution >= 0.6 is 11.6 Å². The summed E-state index contributed by atoms with van der Waals surface area (Å²) in [5, 5.41) is 3.14. The van der Waals surface area contributed by atoms with Gasteiger partial charge in [-0.05, 0) is 49.7 Å². The molecule has 2 aromatic carbocycles. The predicted octanol–water partition coefficient (Wildman–Crippen LogP) is 3.83. The maximum atomic E-state index is 12.0. The molecule has 114 valence electrons. The van der Waals surface area contributed by atoms with E-state index in [2.05, 4.69) is 5.32 Å². The Morgan fingerprint density at radius 3 is 2.55 bits per heavy atom. The standard InChI is InChI=1S/C17H16ClNO3/c1-11-5-3-8-15(9-11)19-16(20)12(2)22-17(21)13-6-4-7-14(18)10-13/h3-10,12H,1-2H3,(H,19,20)/t12-/m1/s1. The number of nitrogens with one attached hydrogen (secondary N) is 1. The van der Waals surface area contributed by atoms with Gasteiger partial charge in [-0.1, -0.05) is 29.8 Å². The second kappa shape index (κ2) is 7.09. The number of rotatable bonds is 4. The van der Waals surface area contributed by atoms with Crippen molar-refractivity contribution in [2.45, 2.75) is 20.0 Å². The van der Waals surface area contributed by atoms with Crippen molar-refractivity contribution in [1.82, 2.24) is 0 Å².